The van der Waals surface area contributed by atoms with Crippen LogP contribution >= 0.6 is 0 Å². The molecule has 0 radical (unpaired) electrons. The van der Waals surface area contributed by atoms with Gasteiger partial charge in [0.15, 0.2) is 0 Å². The summed E-state index contributed by atoms with van der Waals surface area (Å²) < 4.78 is 5.82. The highest BCUT2D eigenvalue weighted by Crippen LogP contribution is 2.24. The highest BCUT2D eigenvalue weighted by molar-refractivity contribution is 5.48. The fourth-order valence-corrected chi connectivity index (χ4v) is 2.38. The molecule has 1 aliphatic heterocycles. The van der Waals surface area contributed by atoms with Crippen molar-refractivity contribution in [1.82, 2.24) is 4.98 Å². The van der Waals surface area contributed by atoms with Crippen molar-refractivity contribution in [3.63, 3.8) is 0 Å². The van der Waals surface area contributed by atoms with E-state index in [1.165, 1.54) is 0 Å². The highest BCUT2D eigenvalue weighted by atomic mass is 16.5. The van der Waals surface area contributed by atoms with Gasteiger partial charge in [-0.25, -0.2) is 0 Å². The number of piperidine rings is 1. The van der Waals surface area contributed by atoms with Crippen LogP contribution in [0.2, 0.25) is 0 Å². The van der Waals surface area contributed by atoms with Crippen LogP contribution in [0, 0.1) is 5.41 Å². The molecule has 0 aromatic carbocycles. The van der Waals surface area contributed by atoms with E-state index in [0.29, 0.717) is 5.41 Å². The van der Waals surface area contributed by atoms with Crippen molar-refractivity contribution >= 4 is 5.69 Å². The fourth-order valence-electron chi connectivity index (χ4n) is 2.38. The van der Waals surface area contributed by atoms with Crippen molar-refractivity contribution in [2.45, 2.75) is 46.1 Å². The van der Waals surface area contributed by atoms with E-state index in [0.717, 1.165) is 50.4 Å². The third-order valence-electron chi connectivity index (χ3n) is 3.64. The molecule has 0 amide bonds. The van der Waals surface area contributed by atoms with Crippen LogP contribution in [0.5, 0.6) is 5.75 Å². The Labute approximate surface area is 122 Å². The molecule has 4 heteroatoms. The fraction of sp³-hybridized carbons (Fsp3) is 0.688. The molecule has 0 aliphatic carbocycles. The smallest absolute Gasteiger partial charge is 0.139 e. The molecule has 2 rings (SSSR count). The molecule has 4 nitrogen and oxygen atoms in total. The highest BCUT2D eigenvalue weighted by Gasteiger charge is 2.17. The van der Waals surface area contributed by atoms with Crippen LogP contribution in [0.3, 0.4) is 0 Å². The first-order valence-corrected chi connectivity index (χ1v) is 7.52. The summed E-state index contributed by atoms with van der Waals surface area (Å²) in [7, 11) is 0. The lowest BCUT2D eigenvalue weighted by Gasteiger charge is -2.32. The molecule has 0 spiro atoms. The van der Waals surface area contributed by atoms with Crippen molar-refractivity contribution in [1.29, 1.82) is 0 Å². The monoisotopic (exact) mass is 277 g/mol. The predicted octanol–water partition coefficient (Wildman–Crippen LogP) is 2.82. The van der Waals surface area contributed by atoms with Gasteiger partial charge in [-0.1, -0.05) is 20.8 Å². The molecule has 0 saturated carbocycles. The second kappa shape index (κ2) is 6.44. The number of hydrogen-bond acceptors (Lipinski definition) is 4. The van der Waals surface area contributed by atoms with E-state index in [1.807, 2.05) is 6.20 Å². The Morgan fingerprint density at radius 3 is 2.90 bits per heavy atom. The maximum atomic E-state index is 6.04. The molecule has 2 heterocycles. The summed E-state index contributed by atoms with van der Waals surface area (Å²) in [4.78, 5) is 6.60. The van der Waals surface area contributed by atoms with E-state index < -0.39 is 0 Å². The third-order valence-corrected chi connectivity index (χ3v) is 3.64. The van der Waals surface area contributed by atoms with E-state index >= 15 is 0 Å². The van der Waals surface area contributed by atoms with Gasteiger partial charge < -0.3 is 15.4 Å². The Bertz CT molecular complexity index is 428. The standard InChI is InChI=1S/C16H27N3O/c1-16(2,3)6-8-20-15-9-14(10-18-11-15)19-7-4-5-13(17)12-19/h9-11,13H,4-8,12,17H2,1-3H3. The van der Waals surface area contributed by atoms with Gasteiger partial charge in [-0.05, 0) is 24.7 Å². The van der Waals surface area contributed by atoms with Crippen LogP contribution in [0.25, 0.3) is 0 Å². The maximum Gasteiger partial charge on any atom is 0.139 e. The van der Waals surface area contributed by atoms with Crippen LogP contribution in [0.15, 0.2) is 18.5 Å². The second-order valence-electron chi connectivity index (χ2n) is 6.89. The molecule has 112 valence electrons. The molecule has 1 fully saturated rings. The Hall–Kier alpha value is -1.29. The van der Waals surface area contributed by atoms with E-state index in [4.69, 9.17) is 10.5 Å². The van der Waals surface area contributed by atoms with Crippen LogP contribution in [-0.4, -0.2) is 30.7 Å². The number of ether oxygens (including phenoxy) is 1. The minimum Gasteiger partial charge on any atom is -0.492 e. The predicted molar refractivity (Wildman–Crippen MR) is 83.2 cm³/mol. The first kappa shape index (κ1) is 15.1. The van der Waals surface area contributed by atoms with Crippen LogP contribution < -0.4 is 15.4 Å². The molecular weight excluding hydrogens is 250 g/mol. The van der Waals surface area contributed by atoms with Gasteiger partial charge in [-0.2, -0.15) is 0 Å². The van der Waals surface area contributed by atoms with Gasteiger partial charge in [0.05, 0.1) is 24.7 Å². The minimum atomic E-state index is 0.272. The number of anilines is 1. The van der Waals surface area contributed by atoms with Crippen molar-refractivity contribution < 1.29 is 4.74 Å². The average molecular weight is 277 g/mol. The maximum absolute atomic E-state index is 6.04. The van der Waals surface area contributed by atoms with Gasteiger partial charge in [0.2, 0.25) is 0 Å². The Kier molecular flexibility index (Phi) is 4.86. The van der Waals surface area contributed by atoms with Crippen molar-refractivity contribution in [2.24, 2.45) is 11.1 Å². The first-order valence-electron chi connectivity index (χ1n) is 7.52. The lowest BCUT2D eigenvalue weighted by atomic mass is 9.93. The summed E-state index contributed by atoms with van der Waals surface area (Å²) >= 11 is 0. The zero-order valence-electron chi connectivity index (χ0n) is 12.9. The first-order chi connectivity index (χ1) is 9.44. The van der Waals surface area contributed by atoms with E-state index in [1.54, 1.807) is 6.20 Å². The van der Waals surface area contributed by atoms with Crippen LogP contribution in [-0.2, 0) is 0 Å². The van der Waals surface area contributed by atoms with Gasteiger partial charge in [0.1, 0.15) is 5.75 Å². The number of hydrogen-bond donors (Lipinski definition) is 1. The summed E-state index contributed by atoms with van der Waals surface area (Å²) in [5.41, 5.74) is 7.45. The van der Waals surface area contributed by atoms with Crippen molar-refractivity contribution in [3.05, 3.63) is 18.5 Å². The van der Waals surface area contributed by atoms with Gasteiger partial charge in [0, 0.05) is 25.2 Å². The minimum absolute atomic E-state index is 0.272. The van der Waals surface area contributed by atoms with Gasteiger partial charge in [-0.3, -0.25) is 4.98 Å². The molecule has 1 unspecified atom stereocenters. The molecular formula is C16H27N3O. The molecule has 1 aromatic rings. The summed E-state index contributed by atoms with van der Waals surface area (Å²) in [5.74, 6) is 0.853. The SMILES string of the molecule is CC(C)(C)CCOc1cncc(N2CCCC(N)C2)c1. The lowest BCUT2D eigenvalue weighted by molar-refractivity contribution is 0.242. The number of nitrogens with zero attached hydrogens (tertiary/aromatic N) is 2. The summed E-state index contributed by atoms with van der Waals surface area (Å²) in [6, 6.07) is 2.35. The lowest BCUT2D eigenvalue weighted by Crippen LogP contribution is -2.42. The van der Waals surface area contributed by atoms with Gasteiger partial charge in [0.25, 0.3) is 0 Å². The Morgan fingerprint density at radius 2 is 2.20 bits per heavy atom. The largest absolute Gasteiger partial charge is 0.492 e. The Morgan fingerprint density at radius 1 is 1.40 bits per heavy atom. The van der Waals surface area contributed by atoms with Crippen molar-refractivity contribution in [3.8, 4) is 5.75 Å². The number of pyridine rings is 1. The quantitative estimate of drug-likeness (QED) is 0.919. The average Bonchev–Trinajstić information content (AvgIpc) is 2.38. The molecule has 1 saturated heterocycles. The Balaban J connectivity index is 1.93. The summed E-state index contributed by atoms with van der Waals surface area (Å²) in [6.45, 7) is 9.36. The second-order valence-corrected chi connectivity index (χ2v) is 6.89. The van der Waals surface area contributed by atoms with E-state index in [2.05, 4.69) is 36.7 Å². The molecule has 0 bridgehead atoms. The van der Waals surface area contributed by atoms with E-state index in [-0.39, 0.29) is 6.04 Å². The van der Waals surface area contributed by atoms with Crippen molar-refractivity contribution in [2.75, 3.05) is 24.6 Å². The van der Waals surface area contributed by atoms with Crippen LogP contribution in [0.1, 0.15) is 40.0 Å². The molecule has 1 atom stereocenters. The van der Waals surface area contributed by atoms with Gasteiger partial charge in [-0.15, -0.1) is 0 Å². The molecule has 2 N–H and O–H groups in total. The molecule has 20 heavy (non-hydrogen) atoms. The molecule has 1 aromatic heterocycles. The summed E-state index contributed by atoms with van der Waals surface area (Å²) in [5, 5.41) is 0. The molecule has 1 aliphatic rings. The number of aromatic nitrogens is 1. The van der Waals surface area contributed by atoms with E-state index in [9.17, 15) is 0 Å². The normalized spacial score (nSPS) is 20.0. The topological polar surface area (TPSA) is 51.4 Å². The van der Waals surface area contributed by atoms with Crippen LogP contribution in [0.4, 0.5) is 5.69 Å². The number of rotatable bonds is 4. The summed E-state index contributed by atoms with van der Waals surface area (Å²) in [6.07, 6.45) is 6.98. The number of nitrogens with two attached hydrogens (primary N) is 1. The third kappa shape index (κ3) is 4.67. The zero-order chi connectivity index (χ0) is 14.6. The zero-order valence-corrected chi connectivity index (χ0v) is 12.9. The van der Waals surface area contributed by atoms with Gasteiger partial charge >= 0.3 is 0 Å².